The van der Waals surface area contributed by atoms with Crippen molar-refractivity contribution in [3.63, 3.8) is 0 Å². The molecule has 0 saturated carbocycles. The zero-order valence-electron chi connectivity index (χ0n) is 14.5. The molecule has 1 saturated heterocycles. The van der Waals surface area contributed by atoms with Crippen molar-refractivity contribution < 1.29 is 19.1 Å². The van der Waals surface area contributed by atoms with E-state index in [1.165, 1.54) is 11.3 Å². The lowest BCUT2D eigenvalue weighted by Gasteiger charge is -2.20. The SMILES string of the molecule is Cc1cccc(N2C[C@@H](C(=O)OCC(=O)c3ccc(Br)s3)CC2=O)c1C. The van der Waals surface area contributed by atoms with Gasteiger partial charge in [-0.1, -0.05) is 12.1 Å². The predicted molar refractivity (Wildman–Crippen MR) is 104 cm³/mol. The first-order chi connectivity index (χ1) is 12.4. The van der Waals surface area contributed by atoms with Crippen molar-refractivity contribution in [3.05, 3.63) is 50.1 Å². The van der Waals surface area contributed by atoms with Gasteiger partial charge in [-0.25, -0.2) is 0 Å². The second-order valence-corrected chi connectivity index (χ2v) is 8.72. The molecule has 2 aromatic rings. The van der Waals surface area contributed by atoms with Crippen LogP contribution in [0.3, 0.4) is 0 Å². The molecule has 0 unspecified atom stereocenters. The summed E-state index contributed by atoms with van der Waals surface area (Å²) in [5.41, 5.74) is 2.94. The number of nitrogens with zero attached hydrogens (tertiary/aromatic N) is 1. The molecule has 0 radical (unpaired) electrons. The van der Waals surface area contributed by atoms with Crippen molar-refractivity contribution in [2.75, 3.05) is 18.1 Å². The van der Waals surface area contributed by atoms with Gasteiger partial charge in [0.1, 0.15) is 0 Å². The number of aryl methyl sites for hydroxylation is 1. The lowest BCUT2D eigenvalue weighted by Crippen LogP contribution is -2.27. The second kappa shape index (κ2) is 7.72. The summed E-state index contributed by atoms with van der Waals surface area (Å²) in [6, 6.07) is 9.23. The number of ketones is 1. The number of rotatable bonds is 5. The maximum absolute atomic E-state index is 12.4. The number of ether oxygens (including phenoxy) is 1. The lowest BCUT2D eigenvalue weighted by atomic mass is 10.1. The van der Waals surface area contributed by atoms with Crippen LogP contribution in [0.1, 0.15) is 27.2 Å². The van der Waals surface area contributed by atoms with Crippen LogP contribution < -0.4 is 4.90 Å². The molecule has 0 aliphatic carbocycles. The summed E-state index contributed by atoms with van der Waals surface area (Å²) < 4.78 is 6.01. The smallest absolute Gasteiger partial charge is 0.311 e. The van der Waals surface area contributed by atoms with Gasteiger partial charge in [-0.3, -0.25) is 14.4 Å². The minimum Gasteiger partial charge on any atom is -0.457 e. The second-order valence-electron chi connectivity index (χ2n) is 6.26. The molecule has 0 N–H and O–H groups in total. The number of carbonyl (C=O) groups is 3. The number of hydrogen-bond donors (Lipinski definition) is 0. The van der Waals surface area contributed by atoms with Gasteiger partial charge in [-0.05, 0) is 59.1 Å². The zero-order valence-corrected chi connectivity index (χ0v) is 16.9. The Morgan fingerprint density at radius 1 is 1.27 bits per heavy atom. The van der Waals surface area contributed by atoms with Crippen LogP contribution in [0, 0.1) is 19.8 Å². The third-order valence-electron chi connectivity index (χ3n) is 4.52. The van der Waals surface area contributed by atoms with Gasteiger partial charge in [0.25, 0.3) is 0 Å². The first-order valence-electron chi connectivity index (χ1n) is 8.18. The molecule has 5 nitrogen and oxygen atoms in total. The molecule has 26 heavy (non-hydrogen) atoms. The predicted octanol–water partition coefficient (Wildman–Crippen LogP) is 3.91. The van der Waals surface area contributed by atoms with Crippen LogP contribution in [0.4, 0.5) is 5.69 Å². The van der Waals surface area contributed by atoms with Crippen LogP contribution in [0.15, 0.2) is 34.1 Å². The number of thiophene rings is 1. The monoisotopic (exact) mass is 435 g/mol. The quantitative estimate of drug-likeness (QED) is 0.527. The molecular weight excluding hydrogens is 418 g/mol. The molecule has 1 fully saturated rings. The fourth-order valence-electron chi connectivity index (χ4n) is 2.92. The van der Waals surface area contributed by atoms with Crippen LogP contribution in [-0.2, 0) is 14.3 Å². The number of anilines is 1. The van der Waals surface area contributed by atoms with Gasteiger partial charge in [0, 0.05) is 18.7 Å². The summed E-state index contributed by atoms with van der Waals surface area (Å²) in [5.74, 6) is -1.40. The first-order valence-corrected chi connectivity index (χ1v) is 9.79. The molecule has 0 spiro atoms. The molecule has 1 atom stereocenters. The van der Waals surface area contributed by atoms with Crippen molar-refractivity contribution in [2.24, 2.45) is 5.92 Å². The molecule has 1 aliphatic heterocycles. The van der Waals surface area contributed by atoms with Crippen molar-refractivity contribution in [3.8, 4) is 0 Å². The third kappa shape index (κ3) is 3.88. The number of benzene rings is 1. The molecular formula is C19H18BrNO4S. The van der Waals surface area contributed by atoms with E-state index in [-0.39, 0.29) is 31.3 Å². The summed E-state index contributed by atoms with van der Waals surface area (Å²) >= 11 is 4.59. The number of Topliss-reactive ketones (excluding diaryl/α,β-unsaturated/α-hetero) is 1. The number of hydrogen-bond acceptors (Lipinski definition) is 5. The fraction of sp³-hybridized carbons (Fsp3) is 0.316. The maximum atomic E-state index is 12.4. The van der Waals surface area contributed by atoms with E-state index in [0.29, 0.717) is 4.88 Å². The molecule has 0 bridgehead atoms. The van der Waals surface area contributed by atoms with E-state index in [1.807, 2.05) is 32.0 Å². The molecule has 1 aromatic carbocycles. The molecule has 7 heteroatoms. The van der Waals surface area contributed by atoms with Gasteiger partial charge in [0.15, 0.2) is 6.61 Å². The third-order valence-corrected chi connectivity index (χ3v) is 6.18. The highest BCUT2D eigenvalue weighted by atomic mass is 79.9. The molecule has 1 amide bonds. The van der Waals surface area contributed by atoms with Crippen molar-refractivity contribution in [2.45, 2.75) is 20.3 Å². The van der Waals surface area contributed by atoms with Crippen molar-refractivity contribution in [1.29, 1.82) is 0 Å². The van der Waals surface area contributed by atoms with E-state index >= 15 is 0 Å². The van der Waals surface area contributed by atoms with E-state index in [1.54, 1.807) is 17.0 Å². The number of carbonyl (C=O) groups excluding carboxylic acids is 3. The van der Waals surface area contributed by atoms with Crippen LogP contribution in [0.5, 0.6) is 0 Å². The van der Waals surface area contributed by atoms with E-state index in [9.17, 15) is 14.4 Å². The Morgan fingerprint density at radius 2 is 2.04 bits per heavy atom. The minimum absolute atomic E-state index is 0.102. The van der Waals surface area contributed by atoms with Crippen LogP contribution in [0.2, 0.25) is 0 Å². The maximum Gasteiger partial charge on any atom is 0.311 e. The molecule has 3 rings (SSSR count). The van der Waals surface area contributed by atoms with E-state index in [2.05, 4.69) is 15.9 Å². The molecule has 2 heterocycles. The first kappa shape index (κ1) is 18.8. The van der Waals surface area contributed by atoms with Gasteiger partial charge >= 0.3 is 5.97 Å². The number of esters is 1. The number of amides is 1. The average Bonchev–Trinajstić information content (AvgIpc) is 3.21. The van der Waals surface area contributed by atoms with Gasteiger partial charge in [0.2, 0.25) is 11.7 Å². The van der Waals surface area contributed by atoms with E-state index < -0.39 is 11.9 Å². The largest absolute Gasteiger partial charge is 0.457 e. The standard InChI is InChI=1S/C19H18BrNO4S/c1-11-4-3-5-14(12(11)2)21-9-13(8-18(21)23)19(24)25-10-15(22)16-6-7-17(20)26-16/h3-7,13H,8-10H2,1-2H3/t13-/m0/s1. The minimum atomic E-state index is -0.551. The number of halogens is 1. The van der Waals surface area contributed by atoms with E-state index in [4.69, 9.17) is 4.74 Å². The Labute approximate surface area is 164 Å². The zero-order chi connectivity index (χ0) is 18.8. The van der Waals surface area contributed by atoms with Crippen molar-refractivity contribution in [1.82, 2.24) is 0 Å². The van der Waals surface area contributed by atoms with E-state index in [0.717, 1.165) is 20.6 Å². The Hall–Kier alpha value is -1.99. The topological polar surface area (TPSA) is 63.7 Å². The summed E-state index contributed by atoms with van der Waals surface area (Å²) in [4.78, 5) is 38.9. The molecule has 136 valence electrons. The normalized spacial score (nSPS) is 16.8. The fourth-order valence-corrected chi connectivity index (χ4v) is 4.23. The Morgan fingerprint density at radius 3 is 2.73 bits per heavy atom. The summed E-state index contributed by atoms with van der Waals surface area (Å²) in [7, 11) is 0. The highest BCUT2D eigenvalue weighted by molar-refractivity contribution is 9.11. The van der Waals surface area contributed by atoms with Crippen LogP contribution in [-0.4, -0.2) is 30.8 Å². The average molecular weight is 436 g/mol. The summed E-state index contributed by atoms with van der Waals surface area (Å²) in [6.45, 7) is 3.92. The van der Waals surface area contributed by atoms with Gasteiger partial charge in [0.05, 0.1) is 14.6 Å². The highest BCUT2D eigenvalue weighted by Crippen LogP contribution is 2.30. The highest BCUT2D eigenvalue weighted by Gasteiger charge is 2.37. The summed E-state index contributed by atoms with van der Waals surface area (Å²) in [5, 5.41) is 0. The Bertz CT molecular complexity index is 876. The molecule has 1 aliphatic rings. The lowest BCUT2D eigenvalue weighted by molar-refractivity contribution is -0.147. The van der Waals surface area contributed by atoms with Gasteiger partial charge in [-0.15, -0.1) is 11.3 Å². The Balaban J connectivity index is 1.62. The van der Waals surface area contributed by atoms with Crippen LogP contribution in [0.25, 0.3) is 0 Å². The van der Waals surface area contributed by atoms with Crippen LogP contribution >= 0.6 is 27.3 Å². The summed E-state index contributed by atoms with van der Waals surface area (Å²) in [6.07, 6.45) is 0.102. The Kier molecular flexibility index (Phi) is 5.58. The van der Waals surface area contributed by atoms with Crippen molar-refractivity contribution >= 4 is 50.6 Å². The van der Waals surface area contributed by atoms with Gasteiger partial charge < -0.3 is 9.64 Å². The van der Waals surface area contributed by atoms with Gasteiger partial charge in [-0.2, -0.15) is 0 Å². The molecule has 1 aromatic heterocycles.